The second-order valence-electron chi connectivity index (χ2n) is 7.84. The number of carbonyl (C=O) groups is 1. The summed E-state index contributed by atoms with van der Waals surface area (Å²) in [5.74, 6) is 1.68. The molecular formula is C27H33NO4. The Hall–Kier alpha value is -3.08. The molecule has 0 heterocycles. The van der Waals surface area contributed by atoms with Crippen molar-refractivity contribution in [2.45, 2.75) is 52.4 Å². The van der Waals surface area contributed by atoms with Crippen molar-refractivity contribution in [3.8, 4) is 11.5 Å². The van der Waals surface area contributed by atoms with Crippen LogP contribution in [0.4, 0.5) is 0 Å². The third-order valence-corrected chi connectivity index (χ3v) is 5.64. The molecule has 0 amide bonds. The number of nitrogens with zero attached hydrogens (tertiary/aromatic N) is 1. The molecule has 170 valence electrons. The van der Waals surface area contributed by atoms with E-state index in [2.05, 4.69) is 12.1 Å². The van der Waals surface area contributed by atoms with Gasteiger partial charge >= 0.3 is 0 Å². The SMILES string of the molecule is CCOc1ccc(CCN=C2CC(c3ccccc3)CC(=O)/C2=C(/O)CC)cc1OCC. The zero-order valence-electron chi connectivity index (χ0n) is 19.3. The summed E-state index contributed by atoms with van der Waals surface area (Å²) in [6, 6.07) is 16.0. The molecule has 1 saturated carbocycles. The quantitative estimate of drug-likeness (QED) is 0.397. The van der Waals surface area contributed by atoms with Crippen LogP contribution in [0.3, 0.4) is 0 Å². The molecule has 1 fully saturated rings. The van der Waals surface area contributed by atoms with Gasteiger partial charge in [-0.1, -0.05) is 43.3 Å². The zero-order valence-corrected chi connectivity index (χ0v) is 19.3. The van der Waals surface area contributed by atoms with E-state index in [1.54, 1.807) is 0 Å². The normalized spacial score (nSPS) is 19.2. The molecule has 1 aliphatic carbocycles. The summed E-state index contributed by atoms with van der Waals surface area (Å²) in [4.78, 5) is 17.7. The molecule has 0 aliphatic heterocycles. The third-order valence-electron chi connectivity index (χ3n) is 5.64. The number of carbonyl (C=O) groups excluding carboxylic acids is 1. The molecular weight excluding hydrogens is 402 g/mol. The number of ketones is 1. The Balaban J connectivity index is 1.80. The molecule has 0 saturated heterocycles. The molecule has 0 aromatic heterocycles. The molecule has 1 unspecified atom stereocenters. The fraction of sp³-hybridized carbons (Fsp3) is 0.407. The van der Waals surface area contributed by atoms with Gasteiger partial charge in [-0.05, 0) is 55.9 Å². The van der Waals surface area contributed by atoms with Crippen molar-refractivity contribution in [3.05, 3.63) is 71.0 Å². The van der Waals surface area contributed by atoms with Crippen LogP contribution in [-0.2, 0) is 11.2 Å². The lowest BCUT2D eigenvalue weighted by Gasteiger charge is -2.26. The van der Waals surface area contributed by atoms with Crippen molar-refractivity contribution in [1.29, 1.82) is 0 Å². The number of allylic oxidation sites excluding steroid dienone is 2. The van der Waals surface area contributed by atoms with Crippen LogP contribution in [0.1, 0.15) is 57.1 Å². The van der Waals surface area contributed by atoms with Gasteiger partial charge < -0.3 is 14.6 Å². The highest BCUT2D eigenvalue weighted by atomic mass is 16.5. The maximum Gasteiger partial charge on any atom is 0.168 e. The smallest absolute Gasteiger partial charge is 0.168 e. The van der Waals surface area contributed by atoms with Crippen LogP contribution < -0.4 is 9.47 Å². The van der Waals surface area contributed by atoms with Gasteiger partial charge in [0.1, 0.15) is 5.76 Å². The minimum absolute atomic E-state index is 0.0251. The van der Waals surface area contributed by atoms with Crippen LogP contribution in [0, 0.1) is 0 Å². The lowest BCUT2D eigenvalue weighted by molar-refractivity contribution is -0.115. The Kier molecular flexibility index (Phi) is 8.48. The van der Waals surface area contributed by atoms with E-state index in [4.69, 9.17) is 14.5 Å². The van der Waals surface area contributed by atoms with Crippen molar-refractivity contribution >= 4 is 11.5 Å². The molecule has 3 rings (SSSR count). The van der Waals surface area contributed by atoms with E-state index in [1.165, 1.54) is 0 Å². The minimum atomic E-state index is -0.0251. The van der Waals surface area contributed by atoms with E-state index in [-0.39, 0.29) is 17.5 Å². The maximum atomic E-state index is 12.9. The van der Waals surface area contributed by atoms with Crippen LogP contribution in [0.5, 0.6) is 11.5 Å². The van der Waals surface area contributed by atoms with Crippen molar-refractivity contribution < 1.29 is 19.4 Å². The first-order valence-corrected chi connectivity index (χ1v) is 11.5. The predicted molar refractivity (Wildman–Crippen MR) is 128 cm³/mol. The molecule has 0 bridgehead atoms. The van der Waals surface area contributed by atoms with Gasteiger partial charge in [-0.3, -0.25) is 9.79 Å². The Morgan fingerprint density at radius 2 is 1.72 bits per heavy atom. The number of hydrogen-bond acceptors (Lipinski definition) is 5. The Bertz CT molecular complexity index is 978. The van der Waals surface area contributed by atoms with Crippen molar-refractivity contribution in [2.24, 2.45) is 4.99 Å². The first-order chi connectivity index (χ1) is 15.6. The average molecular weight is 436 g/mol. The largest absolute Gasteiger partial charge is 0.512 e. The van der Waals surface area contributed by atoms with Crippen molar-refractivity contribution in [1.82, 2.24) is 0 Å². The van der Waals surface area contributed by atoms with E-state index in [0.717, 1.165) is 22.6 Å². The van der Waals surface area contributed by atoms with Gasteiger partial charge in [0, 0.05) is 25.1 Å². The molecule has 2 aromatic rings. The molecule has 0 spiro atoms. The van der Waals surface area contributed by atoms with Crippen LogP contribution in [0.2, 0.25) is 0 Å². The molecule has 5 heteroatoms. The Labute approximate surface area is 190 Å². The van der Waals surface area contributed by atoms with Crippen molar-refractivity contribution in [3.63, 3.8) is 0 Å². The van der Waals surface area contributed by atoms with Crippen LogP contribution in [0.15, 0.2) is 64.9 Å². The topological polar surface area (TPSA) is 68.1 Å². The number of benzene rings is 2. The highest BCUT2D eigenvalue weighted by Gasteiger charge is 2.31. The first-order valence-electron chi connectivity index (χ1n) is 11.5. The van der Waals surface area contributed by atoms with E-state index >= 15 is 0 Å². The summed E-state index contributed by atoms with van der Waals surface area (Å²) >= 11 is 0. The number of rotatable bonds is 9. The molecule has 1 atom stereocenters. The minimum Gasteiger partial charge on any atom is -0.512 e. The van der Waals surface area contributed by atoms with E-state index in [1.807, 2.05) is 57.2 Å². The molecule has 1 aliphatic rings. The van der Waals surface area contributed by atoms with Gasteiger partial charge in [-0.2, -0.15) is 0 Å². The summed E-state index contributed by atoms with van der Waals surface area (Å²) in [5.41, 5.74) is 3.36. The maximum absolute atomic E-state index is 12.9. The highest BCUT2D eigenvalue weighted by Crippen LogP contribution is 2.34. The zero-order chi connectivity index (χ0) is 22.9. The summed E-state index contributed by atoms with van der Waals surface area (Å²) in [7, 11) is 0. The van der Waals surface area contributed by atoms with Gasteiger partial charge in [0.05, 0.1) is 18.8 Å². The first kappa shape index (κ1) is 23.6. The summed E-state index contributed by atoms with van der Waals surface area (Å²) < 4.78 is 11.4. The van der Waals surface area contributed by atoms with Gasteiger partial charge in [-0.25, -0.2) is 0 Å². The average Bonchev–Trinajstić information content (AvgIpc) is 2.81. The number of ether oxygens (including phenoxy) is 2. The second-order valence-corrected chi connectivity index (χ2v) is 7.84. The third kappa shape index (κ3) is 5.78. The Morgan fingerprint density at radius 3 is 2.41 bits per heavy atom. The van der Waals surface area contributed by atoms with Gasteiger partial charge in [0.15, 0.2) is 17.3 Å². The van der Waals surface area contributed by atoms with Crippen LogP contribution in [-0.4, -0.2) is 36.4 Å². The fourth-order valence-corrected chi connectivity index (χ4v) is 4.07. The summed E-state index contributed by atoms with van der Waals surface area (Å²) in [6.45, 7) is 7.44. The molecule has 0 radical (unpaired) electrons. The van der Waals surface area contributed by atoms with E-state index in [9.17, 15) is 9.90 Å². The molecule has 1 N–H and O–H groups in total. The lowest BCUT2D eigenvalue weighted by Crippen LogP contribution is -2.27. The van der Waals surface area contributed by atoms with Gasteiger partial charge in [0.2, 0.25) is 0 Å². The fourth-order valence-electron chi connectivity index (χ4n) is 4.07. The van der Waals surface area contributed by atoms with Crippen molar-refractivity contribution in [2.75, 3.05) is 19.8 Å². The summed E-state index contributed by atoms with van der Waals surface area (Å²) in [5, 5.41) is 10.4. The second kappa shape index (κ2) is 11.5. The van der Waals surface area contributed by atoms with E-state index < -0.39 is 0 Å². The molecule has 5 nitrogen and oxygen atoms in total. The standard InChI is InChI=1S/C27H33NO4/c1-4-23(29)27-22(17-21(18-24(27)30)20-10-8-7-9-11-20)28-15-14-19-12-13-25(31-5-2)26(16-19)32-6-3/h7-13,16,21,29H,4-6,14-15,17-18H2,1-3H3/b27-23+,28-22?. The number of aliphatic imine (C=N–C) groups is 1. The summed E-state index contributed by atoms with van der Waals surface area (Å²) in [6.07, 6.45) is 2.19. The van der Waals surface area contributed by atoms with Gasteiger partial charge in [0.25, 0.3) is 0 Å². The molecule has 2 aromatic carbocycles. The Morgan fingerprint density at radius 1 is 1.00 bits per heavy atom. The number of aliphatic hydroxyl groups excluding tert-OH is 1. The van der Waals surface area contributed by atoms with E-state index in [0.29, 0.717) is 56.7 Å². The number of aliphatic hydroxyl groups is 1. The lowest BCUT2D eigenvalue weighted by atomic mass is 9.79. The number of Topliss-reactive ketones (excluding diaryl/α,β-unsaturated/α-hetero) is 1. The predicted octanol–water partition coefficient (Wildman–Crippen LogP) is 5.84. The molecule has 32 heavy (non-hydrogen) atoms. The highest BCUT2D eigenvalue weighted by molar-refractivity contribution is 6.24. The monoisotopic (exact) mass is 435 g/mol. The van der Waals surface area contributed by atoms with Crippen LogP contribution in [0.25, 0.3) is 0 Å². The number of hydrogen-bond donors (Lipinski definition) is 1. The van der Waals surface area contributed by atoms with Gasteiger partial charge in [-0.15, -0.1) is 0 Å². The van der Waals surface area contributed by atoms with Crippen LogP contribution >= 0.6 is 0 Å².